The molecule has 3 aromatic rings. The van der Waals surface area contributed by atoms with Gasteiger partial charge in [-0.3, -0.25) is 4.79 Å². The van der Waals surface area contributed by atoms with Crippen LogP contribution in [0.2, 0.25) is 0 Å². The van der Waals surface area contributed by atoms with Gasteiger partial charge in [0.15, 0.2) is 0 Å². The number of aromatic amines is 1. The minimum Gasteiger partial charge on any atom is -0.377 e. The van der Waals surface area contributed by atoms with Crippen molar-refractivity contribution in [1.82, 2.24) is 4.98 Å². The van der Waals surface area contributed by atoms with E-state index < -0.39 is 0 Å². The van der Waals surface area contributed by atoms with Crippen LogP contribution in [-0.4, -0.2) is 10.9 Å². The van der Waals surface area contributed by atoms with Gasteiger partial charge in [-0.2, -0.15) is 0 Å². The van der Waals surface area contributed by atoms with E-state index in [0.717, 1.165) is 17.6 Å². The summed E-state index contributed by atoms with van der Waals surface area (Å²) in [7, 11) is 0. The molecule has 3 unspecified atom stereocenters. The molecule has 1 aliphatic carbocycles. The van der Waals surface area contributed by atoms with E-state index in [1.54, 1.807) is 6.07 Å². The van der Waals surface area contributed by atoms with Crippen LogP contribution in [0.4, 0.5) is 5.69 Å². The third-order valence-electron chi connectivity index (χ3n) is 5.62. The van der Waals surface area contributed by atoms with E-state index >= 15 is 0 Å². The number of carbonyl (C=O) groups is 1. The summed E-state index contributed by atoms with van der Waals surface area (Å²) in [6.07, 6.45) is 7.65. The zero-order valence-corrected chi connectivity index (χ0v) is 13.7. The number of anilines is 1. The van der Waals surface area contributed by atoms with Crippen LogP contribution in [0.25, 0.3) is 10.9 Å². The highest BCUT2D eigenvalue weighted by atomic mass is 16.1. The number of rotatable bonds is 2. The van der Waals surface area contributed by atoms with Gasteiger partial charge >= 0.3 is 0 Å². The summed E-state index contributed by atoms with van der Waals surface area (Å²) in [5, 5.41) is 4.88. The summed E-state index contributed by atoms with van der Waals surface area (Å²) in [5.74, 6) is 0.367. The highest BCUT2D eigenvalue weighted by Gasteiger charge is 2.39. The smallest absolute Gasteiger partial charge is 0.250 e. The summed E-state index contributed by atoms with van der Waals surface area (Å²) in [5.41, 5.74) is 10.6. The first-order chi connectivity index (χ1) is 12.2. The molecular weight excluding hydrogens is 310 g/mol. The second-order valence-electron chi connectivity index (χ2n) is 6.90. The average Bonchev–Trinajstić information content (AvgIpc) is 3.28. The van der Waals surface area contributed by atoms with Crippen LogP contribution >= 0.6 is 0 Å². The summed E-state index contributed by atoms with van der Waals surface area (Å²) >= 11 is 0. The lowest BCUT2D eigenvalue weighted by Gasteiger charge is -2.38. The summed E-state index contributed by atoms with van der Waals surface area (Å²) < 4.78 is 0. The standard InChI is InChI=1S/C21H19N3O/c22-21(25)16-9-4-8-14-12-6-3-7-15(12)20(24-19(14)16)17-11-23-18-10-2-1-5-13(17)18/h1-6,8-12,15,20,23-24H,7H2,(H2,22,25). The Balaban J connectivity index is 1.69. The number of allylic oxidation sites excluding steroid dienone is 2. The second-order valence-corrected chi connectivity index (χ2v) is 6.90. The molecule has 0 fully saturated rings. The van der Waals surface area contributed by atoms with Crippen LogP contribution < -0.4 is 11.1 Å². The largest absolute Gasteiger partial charge is 0.377 e. The molecule has 0 saturated carbocycles. The minimum atomic E-state index is -0.387. The predicted octanol–water partition coefficient (Wildman–Crippen LogP) is 4.09. The maximum atomic E-state index is 11.9. The number of nitrogens with one attached hydrogen (secondary N) is 2. The van der Waals surface area contributed by atoms with E-state index in [1.165, 1.54) is 16.5 Å². The third kappa shape index (κ3) is 2.03. The molecule has 1 amide bonds. The maximum Gasteiger partial charge on any atom is 0.250 e. The van der Waals surface area contributed by atoms with Crippen molar-refractivity contribution in [3.8, 4) is 0 Å². The Kier molecular flexibility index (Phi) is 3.01. The van der Waals surface area contributed by atoms with Gasteiger partial charge in [0.2, 0.25) is 0 Å². The highest BCUT2D eigenvalue weighted by Crippen LogP contribution is 2.51. The molecule has 124 valence electrons. The number of amides is 1. The molecule has 0 bridgehead atoms. The van der Waals surface area contributed by atoms with Gasteiger partial charge in [0.05, 0.1) is 17.3 Å². The number of aromatic nitrogens is 1. The van der Waals surface area contributed by atoms with E-state index in [1.807, 2.05) is 12.1 Å². The lowest BCUT2D eigenvalue weighted by molar-refractivity contribution is 0.100. The van der Waals surface area contributed by atoms with Gasteiger partial charge in [0.1, 0.15) is 0 Å². The van der Waals surface area contributed by atoms with Crippen LogP contribution in [0.1, 0.15) is 39.9 Å². The van der Waals surface area contributed by atoms with Gasteiger partial charge in [-0.15, -0.1) is 0 Å². The Bertz CT molecular complexity index is 1020. The third-order valence-corrected chi connectivity index (χ3v) is 5.62. The Morgan fingerprint density at radius 2 is 1.96 bits per heavy atom. The molecule has 5 rings (SSSR count). The molecule has 3 atom stereocenters. The fraction of sp³-hybridized carbons (Fsp3) is 0.190. The summed E-state index contributed by atoms with van der Waals surface area (Å²) in [6.45, 7) is 0. The number of hydrogen-bond donors (Lipinski definition) is 3. The zero-order chi connectivity index (χ0) is 17.0. The number of benzene rings is 2. The molecule has 2 heterocycles. The van der Waals surface area contributed by atoms with Gasteiger partial charge in [0.25, 0.3) is 5.91 Å². The molecule has 1 aromatic heterocycles. The first-order valence-corrected chi connectivity index (χ1v) is 8.66. The molecule has 4 N–H and O–H groups in total. The van der Waals surface area contributed by atoms with Crippen molar-refractivity contribution in [2.45, 2.75) is 18.4 Å². The fourth-order valence-electron chi connectivity index (χ4n) is 4.49. The molecule has 0 saturated heterocycles. The Labute approximate surface area is 145 Å². The van der Waals surface area contributed by atoms with Crippen molar-refractivity contribution in [2.24, 2.45) is 11.7 Å². The number of primary amides is 1. The predicted molar refractivity (Wildman–Crippen MR) is 99.6 cm³/mol. The number of para-hydroxylation sites is 2. The molecule has 4 heteroatoms. The van der Waals surface area contributed by atoms with Crippen molar-refractivity contribution >= 4 is 22.5 Å². The minimum absolute atomic E-state index is 0.143. The SMILES string of the molecule is NC(=O)c1cccc2c1NC(c1c[nH]c3ccccc13)C1CC=CC21. The maximum absolute atomic E-state index is 11.9. The Morgan fingerprint density at radius 1 is 1.08 bits per heavy atom. The van der Waals surface area contributed by atoms with Crippen LogP contribution in [0.3, 0.4) is 0 Å². The van der Waals surface area contributed by atoms with E-state index in [9.17, 15) is 4.79 Å². The van der Waals surface area contributed by atoms with E-state index in [-0.39, 0.29) is 11.9 Å². The van der Waals surface area contributed by atoms with Gasteiger partial charge in [-0.1, -0.05) is 42.5 Å². The van der Waals surface area contributed by atoms with Gasteiger partial charge in [0, 0.05) is 23.0 Å². The van der Waals surface area contributed by atoms with Crippen LogP contribution in [-0.2, 0) is 0 Å². The van der Waals surface area contributed by atoms with Crippen molar-refractivity contribution in [1.29, 1.82) is 0 Å². The molecule has 0 radical (unpaired) electrons. The lowest BCUT2D eigenvalue weighted by Crippen LogP contribution is -2.30. The molecule has 1 aliphatic heterocycles. The highest BCUT2D eigenvalue weighted by molar-refractivity contribution is 6.00. The second kappa shape index (κ2) is 5.24. The van der Waals surface area contributed by atoms with Crippen molar-refractivity contribution in [3.05, 3.63) is 77.5 Å². The number of hydrogen-bond acceptors (Lipinski definition) is 2. The molecule has 2 aromatic carbocycles. The average molecular weight is 329 g/mol. The molecule has 2 aliphatic rings. The van der Waals surface area contributed by atoms with E-state index in [0.29, 0.717) is 17.4 Å². The van der Waals surface area contributed by atoms with Crippen molar-refractivity contribution < 1.29 is 4.79 Å². The fourth-order valence-corrected chi connectivity index (χ4v) is 4.49. The topological polar surface area (TPSA) is 70.9 Å². The Hall–Kier alpha value is -3.01. The van der Waals surface area contributed by atoms with Gasteiger partial charge < -0.3 is 16.0 Å². The van der Waals surface area contributed by atoms with Crippen molar-refractivity contribution in [3.63, 3.8) is 0 Å². The van der Waals surface area contributed by atoms with Gasteiger partial charge in [-0.05, 0) is 35.6 Å². The molecule has 0 spiro atoms. The van der Waals surface area contributed by atoms with Crippen LogP contribution in [0, 0.1) is 5.92 Å². The molecule has 4 nitrogen and oxygen atoms in total. The van der Waals surface area contributed by atoms with Crippen molar-refractivity contribution in [2.75, 3.05) is 5.32 Å². The Morgan fingerprint density at radius 3 is 2.84 bits per heavy atom. The quantitative estimate of drug-likeness (QED) is 0.620. The first kappa shape index (κ1) is 14.3. The normalized spacial score (nSPS) is 23.9. The van der Waals surface area contributed by atoms with Crippen LogP contribution in [0.15, 0.2) is 60.8 Å². The van der Waals surface area contributed by atoms with E-state index in [2.05, 4.69) is 52.9 Å². The summed E-state index contributed by atoms with van der Waals surface area (Å²) in [4.78, 5) is 15.3. The molecular formula is C21H19N3O. The molecule has 25 heavy (non-hydrogen) atoms. The number of nitrogens with two attached hydrogens (primary N) is 1. The van der Waals surface area contributed by atoms with Gasteiger partial charge in [-0.25, -0.2) is 0 Å². The number of carbonyl (C=O) groups excluding carboxylic acids is 1. The zero-order valence-electron chi connectivity index (χ0n) is 13.7. The monoisotopic (exact) mass is 329 g/mol. The first-order valence-electron chi connectivity index (χ1n) is 8.66. The number of fused-ring (bicyclic) bond motifs is 4. The lowest BCUT2D eigenvalue weighted by atomic mass is 9.76. The van der Waals surface area contributed by atoms with E-state index in [4.69, 9.17) is 5.73 Å². The number of H-pyrrole nitrogens is 1. The van der Waals surface area contributed by atoms with Crippen LogP contribution in [0.5, 0.6) is 0 Å². The summed E-state index contributed by atoms with van der Waals surface area (Å²) in [6, 6.07) is 14.3.